The highest BCUT2D eigenvalue weighted by Crippen LogP contribution is 2.11. The van der Waals surface area contributed by atoms with Gasteiger partial charge in [0, 0.05) is 31.4 Å². The van der Waals surface area contributed by atoms with Crippen molar-refractivity contribution in [3.63, 3.8) is 0 Å². The summed E-state index contributed by atoms with van der Waals surface area (Å²) < 4.78 is 0. The molecule has 0 heterocycles. The van der Waals surface area contributed by atoms with Gasteiger partial charge >= 0.3 is 0 Å². The van der Waals surface area contributed by atoms with Gasteiger partial charge in [-0.1, -0.05) is 13.8 Å². The van der Waals surface area contributed by atoms with E-state index in [-0.39, 0.29) is 17.9 Å². The second kappa shape index (κ2) is 7.30. The Morgan fingerprint density at radius 2 is 2.13 bits per heavy atom. The van der Waals surface area contributed by atoms with Crippen molar-refractivity contribution in [3.8, 4) is 12.3 Å². The minimum Gasteiger partial charge on any atom is -0.396 e. The molecule has 15 heavy (non-hydrogen) atoms. The standard InChI is InChI=1S/C12H21NO2/c1-4-5-6-7-8-11(15)13-9-12(2,3)10-14/h1,14H,5-10H2,2-3H3,(H,13,15). The Morgan fingerprint density at radius 3 is 2.67 bits per heavy atom. The second-order valence-electron chi connectivity index (χ2n) is 4.51. The number of aliphatic hydroxyl groups is 1. The molecule has 0 saturated carbocycles. The monoisotopic (exact) mass is 211 g/mol. The van der Waals surface area contributed by atoms with Gasteiger partial charge in [0.1, 0.15) is 0 Å². The van der Waals surface area contributed by atoms with E-state index in [4.69, 9.17) is 11.5 Å². The van der Waals surface area contributed by atoms with Crippen LogP contribution < -0.4 is 5.32 Å². The molecule has 0 unspecified atom stereocenters. The van der Waals surface area contributed by atoms with Gasteiger partial charge in [-0.25, -0.2) is 0 Å². The first-order chi connectivity index (χ1) is 7.02. The van der Waals surface area contributed by atoms with E-state index in [1.54, 1.807) is 0 Å². The molecule has 0 aliphatic carbocycles. The molecule has 0 aromatic rings. The van der Waals surface area contributed by atoms with E-state index in [9.17, 15) is 4.79 Å². The first kappa shape index (κ1) is 14.0. The molecular weight excluding hydrogens is 190 g/mol. The maximum atomic E-state index is 11.3. The van der Waals surface area contributed by atoms with Crippen LogP contribution in [0.4, 0.5) is 0 Å². The third-order valence-electron chi connectivity index (χ3n) is 2.17. The Hall–Kier alpha value is -1.01. The quantitative estimate of drug-likeness (QED) is 0.493. The molecule has 0 bridgehead atoms. The molecule has 86 valence electrons. The van der Waals surface area contributed by atoms with Gasteiger partial charge < -0.3 is 10.4 Å². The van der Waals surface area contributed by atoms with Gasteiger partial charge in [-0.3, -0.25) is 4.79 Å². The number of carbonyl (C=O) groups is 1. The van der Waals surface area contributed by atoms with Gasteiger partial charge in [0.25, 0.3) is 0 Å². The molecule has 0 fully saturated rings. The molecule has 0 aliphatic heterocycles. The van der Waals surface area contributed by atoms with E-state index < -0.39 is 0 Å². The molecule has 0 aromatic heterocycles. The Balaban J connectivity index is 3.54. The number of terminal acetylenes is 1. The van der Waals surface area contributed by atoms with Crippen LogP contribution in [0.5, 0.6) is 0 Å². The Morgan fingerprint density at radius 1 is 1.47 bits per heavy atom. The zero-order valence-corrected chi connectivity index (χ0v) is 9.68. The summed E-state index contributed by atoms with van der Waals surface area (Å²) in [5.41, 5.74) is -0.242. The zero-order chi connectivity index (χ0) is 11.7. The molecule has 0 rings (SSSR count). The second-order valence-corrected chi connectivity index (χ2v) is 4.51. The highest BCUT2D eigenvalue weighted by atomic mass is 16.3. The fraction of sp³-hybridized carbons (Fsp3) is 0.750. The Bertz CT molecular complexity index is 228. The number of amides is 1. The van der Waals surface area contributed by atoms with E-state index in [0.717, 1.165) is 19.3 Å². The number of hydrogen-bond acceptors (Lipinski definition) is 2. The highest BCUT2D eigenvalue weighted by molar-refractivity contribution is 5.75. The lowest BCUT2D eigenvalue weighted by atomic mass is 9.95. The number of hydrogen-bond donors (Lipinski definition) is 2. The Labute approximate surface area is 92.3 Å². The highest BCUT2D eigenvalue weighted by Gasteiger charge is 2.16. The molecule has 0 aromatic carbocycles. The molecule has 0 atom stereocenters. The van der Waals surface area contributed by atoms with Crippen LogP contribution in [0.2, 0.25) is 0 Å². The fourth-order valence-electron chi connectivity index (χ4n) is 0.995. The third-order valence-corrected chi connectivity index (χ3v) is 2.17. The molecule has 2 N–H and O–H groups in total. The van der Waals surface area contributed by atoms with E-state index in [1.807, 2.05) is 13.8 Å². The van der Waals surface area contributed by atoms with E-state index >= 15 is 0 Å². The van der Waals surface area contributed by atoms with Crippen LogP contribution in [0, 0.1) is 17.8 Å². The molecule has 0 spiro atoms. The maximum absolute atomic E-state index is 11.3. The van der Waals surface area contributed by atoms with Crippen molar-refractivity contribution in [1.29, 1.82) is 0 Å². The average Bonchev–Trinajstić information content (AvgIpc) is 2.22. The van der Waals surface area contributed by atoms with E-state index in [0.29, 0.717) is 13.0 Å². The summed E-state index contributed by atoms with van der Waals surface area (Å²) in [4.78, 5) is 11.3. The summed E-state index contributed by atoms with van der Waals surface area (Å²) in [6, 6.07) is 0. The van der Waals surface area contributed by atoms with Crippen LogP contribution in [0.25, 0.3) is 0 Å². The van der Waals surface area contributed by atoms with Gasteiger partial charge in [-0.05, 0) is 12.8 Å². The van der Waals surface area contributed by atoms with Crippen LogP contribution in [0.15, 0.2) is 0 Å². The Kier molecular flexibility index (Phi) is 6.81. The lowest BCUT2D eigenvalue weighted by Gasteiger charge is -2.21. The molecule has 3 nitrogen and oxygen atoms in total. The summed E-state index contributed by atoms with van der Waals surface area (Å²) in [5, 5.41) is 11.8. The normalized spacial score (nSPS) is 10.8. The maximum Gasteiger partial charge on any atom is 0.220 e. The molecular formula is C12H21NO2. The van der Waals surface area contributed by atoms with Gasteiger partial charge in [-0.2, -0.15) is 0 Å². The number of rotatable bonds is 7. The van der Waals surface area contributed by atoms with Crippen molar-refractivity contribution in [2.75, 3.05) is 13.2 Å². The van der Waals surface area contributed by atoms with Crippen LogP contribution in [-0.4, -0.2) is 24.2 Å². The minimum absolute atomic E-state index is 0.0357. The smallest absolute Gasteiger partial charge is 0.220 e. The molecule has 0 saturated heterocycles. The lowest BCUT2D eigenvalue weighted by molar-refractivity contribution is -0.121. The largest absolute Gasteiger partial charge is 0.396 e. The van der Waals surface area contributed by atoms with Crippen LogP contribution >= 0.6 is 0 Å². The van der Waals surface area contributed by atoms with Crippen LogP contribution in [0.1, 0.15) is 39.5 Å². The van der Waals surface area contributed by atoms with Crippen molar-refractivity contribution < 1.29 is 9.90 Å². The van der Waals surface area contributed by atoms with Crippen LogP contribution in [-0.2, 0) is 4.79 Å². The van der Waals surface area contributed by atoms with Gasteiger partial charge in [-0.15, -0.1) is 12.3 Å². The SMILES string of the molecule is C#CCCCCC(=O)NCC(C)(C)CO. The predicted octanol–water partition coefficient (Wildman–Crippen LogP) is 1.31. The van der Waals surface area contributed by atoms with Crippen molar-refractivity contribution in [1.82, 2.24) is 5.32 Å². The fourth-order valence-corrected chi connectivity index (χ4v) is 0.995. The van der Waals surface area contributed by atoms with Crippen molar-refractivity contribution in [3.05, 3.63) is 0 Å². The number of carbonyl (C=O) groups excluding carboxylic acids is 1. The van der Waals surface area contributed by atoms with Crippen molar-refractivity contribution >= 4 is 5.91 Å². The third kappa shape index (κ3) is 8.02. The predicted molar refractivity (Wildman–Crippen MR) is 61.2 cm³/mol. The van der Waals surface area contributed by atoms with Gasteiger partial charge in [0.15, 0.2) is 0 Å². The number of nitrogens with one attached hydrogen (secondary N) is 1. The topological polar surface area (TPSA) is 49.3 Å². The van der Waals surface area contributed by atoms with Crippen LogP contribution in [0.3, 0.4) is 0 Å². The van der Waals surface area contributed by atoms with Gasteiger partial charge in [0.2, 0.25) is 5.91 Å². The lowest BCUT2D eigenvalue weighted by Crippen LogP contribution is -2.35. The summed E-state index contributed by atoms with van der Waals surface area (Å²) >= 11 is 0. The average molecular weight is 211 g/mol. The number of unbranched alkanes of at least 4 members (excludes halogenated alkanes) is 2. The molecule has 0 aliphatic rings. The minimum atomic E-state index is -0.242. The summed E-state index contributed by atoms with van der Waals surface area (Å²) in [6.45, 7) is 4.40. The summed E-state index contributed by atoms with van der Waals surface area (Å²) in [6.07, 6.45) is 8.07. The van der Waals surface area contributed by atoms with E-state index in [1.165, 1.54) is 0 Å². The number of aliphatic hydroxyl groups excluding tert-OH is 1. The summed E-state index contributed by atoms with van der Waals surface area (Å²) in [5.74, 6) is 2.58. The van der Waals surface area contributed by atoms with E-state index in [2.05, 4.69) is 11.2 Å². The zero-order valence-electron chi connectivity index (χ0n) is 9.68. The van der Waals surface area contributed by atoms with Crippen molar-refractivity contribution in [2.24, 2.45) is 5.41 Å². The first-order valence-electron chi connectivity index (χ1n) is 5.33. The van der Waals surface area contributed by atoms with Crippen molar-refractivity contribution in [2.45, 2.75) is 39.5 Å². The molecule has 1 amide bonds. The van der Waals surface area contributed by atoms with Gasteiger partial charge in [0.05, 0.1) is 0 Å². The summed E-state index contributed by atoms with van der Waals surface area (Å²) in [7, 11) is 0. The molecule has 0 radical (unpaired) electrons. The first-order valence-corrected chi connectivity index (χ1v) is 5.33. The molecule has 3 heteroatoms.